The maximum absolute atomic E-state index is 12.5. The number of benzene rings is 2. The Kier molecular flexibility index (Phi) is 3.41. The van der Waals surface area contributed by atoms with Gasteiger partial charge in [-0.3, -0.25) is 14.5 Å². The van der Waals surface area contributed by atoms with E-state index in [4.69, 9.17) is 0 Å². The molecule has 2 amide bonds. The zero-order chi connectivity index (χ0) is 15.1. The van der Waals surface area contributed by atoms with Crippen LogP contribution in [0.2, 0.25) is 0 Å². The van der Waals surface area contributed by atoms with E-state index in [9.17, 15) is 9.59 Å². The third-order valence-corrected chi connectivity index (χ3v) is 4.34. The Morgan fingerprint density at radius 2 is 1.57 bits per heavy atom. The molecule has 0 bridgehead atoms. The van der Waals surface area contributed by atoms with E-state index in [1.165, 1.54) is 4.90 Å². The summed E-state index contributed by atoms with van der Waals surface area (Å²) in [6.45, 7) is 3.79. The van der Waals surface area contributed by atoms with Crippen molar-refractivity contribution in [3.63, 3.8) is 0 Å². The van der Waals surface area contributed by atoms with Crippen LogP contribution in [0.1, 0.15) is 44.8 Å². The Morgan fingerprint density at radius 3 is 2.24 bits per heavy atom. The summed E-state index contributed by atoms with van der Waals surface area (Å²) in [5.74, 6) is -0.431. The molecule has 106 valence electrons. The second-order valence-corrected chi connectivity index (χ2v) is 6.17. The van der Waals surface area contributed by atoms with Crippen molar-refractivity contribution in [1.29, 1.82) is 0 Å². The Balaban J connectivity index is 1.99. The van der Waals surface area contributed by atoms with Crippen LogP contribution in [0, 0.1) is 6.92 Å². The van der Waals surface area contributed by atoms with Crippen molar-refractivity contribution < 1.29 is 9.59 Å². The SMILES string of the molecule is Cc1ccc2c(c1)C(=O)N(C(C)c1ccc(Br)cc1)C2=O. The van der Waals surface area contributed by atoms with Gasteiger partial charge in [0.15, 0.2) is 0 Å². The molecule has 1 aliphatic rings. The molecule has 3 nitrogen and oxygen atoms in total. The van der Waals surface area contributed by atoms with Crippen molar-refractivity contribution >= 4 is 27.7 Å². The number of amides is 2. The molecule has 1 unspecified atom stereocenters. The number of hydrogen-bond acceptors (Lipinski definition) is 2. The summed E-state index contributed by atoms with van der Waals surface area (Å²) in [6.07, 6.45) is 0. The number of aryl methyl sites for hydroxylation is 1. The summed E-state index contributed by atoms with van der Waals surface area (Å²) in [5.41, 5.74) is 2.91. The lowest BCUT2D eigenvalue weighted by Crippen LogP contribution is -2.32. The average Bonchev–Trinajstić information content (AvgIpc) is 2.70. The fourth-order valence-electron chi connectivity index (χ4n) is 2.62. The fourth-order valence-corrected chi connectivity index (χ4v) is 2.88. The molecule has 2 aromatic carbocycles. The van der Waals surface area contributed by atoms with Gasteiger partial charge in [-0.1, -0.05) is 39.7 Å². The number of carbonyl (C=O) groups is 2. The van der Waals surface area contributed by atoms with E-state index < -0.39 is 0 Å². The lowest BCUT2D eigenvalue weighted by Gasteiger charge is -2.22. The largest absolute Gasteiger partial charge is 0.269 e. The summed E-state index contributed by atoms with van der Waals surface area (Å²) >= 11 is 3.39. The van der Waals surface area contributed by atoms with Crippen LogP contribution in [-0.2, 0) is 0 Å². The first-order valence-corrected chi connectivity index (χ1v) is 7.52. The minimum absolute atomic E-state index is 0.214. The van der Waals surface area contributed by atoms with Crippen molar-refractivity contribution in [3.8, 4) is 0 Å². The molecule has 0 saturated heterocycles. The van der Waals surface area contributed by atoms with Gasteiger partial charge in [-0.2, -0.15) is 0 Å². The molecule has 2 aromatic rings. The first kappa shape index (κ1) is 14.0. The molecule has 0 N–H and O–H groups in total. The number of rotatable bonds is 2. The minimum atomic E-state index is -0.286. The molecule has 0 aromatic heterocycles. The Bertz CT molecular complexity index is 737. The Morgan fingerprint density at radius 1 is 0.952 bits per heavy atom. The van der Waals surface area contributed by atoms with E-state index in [0.29, 0.717) is 11.1 Å². The van der Waals surface area contributed by atoms with Crippen molar-refractivity contribution in [3.05, 3.63) is 69.2 Å². The highest BCUT2D eigenvalue weighted by Gasteiger charge is 2.38. The predicted molar refractivity (Wildman–Crippen MR) is 84.2 cm³/mol. The highest BCUT2D eigenvalue weighted by molar-refractivity contribution is 9.10. The van der Waals surface area contributed by atoms with Crippen molar-refractivity contribution in [1.82, 2.24) is 4.90 Å². The maximum atomic E-state index is 12.5. The standard InChI is InChI=1S/C17H14BrNO2/c1-10-3-8-14-15(9-10)17(21)19(16(14)20)11(2)12-4-6-13(18)7-5-12/h3-9,11H,1-2H3. The van der Waals surface area contributed by atoms with Crippen LogP contribution >= 0.6 is 15.9 Å². The summed E-state index contributed by atoms with van der Waals surface area (Å²) < 4.78 is 0.969. The van der Waals surface area contributed by atoms with Crippen LogP contribution in [0.5, 0.6) is 0 Å². The normalized spacial score (nSPS) is 15.3. The third kappa shape index (κ3) is 2.29. The zero-order valence-corrected chi connectivity index (χ0v) is 13.3. The van der Waals surface area contributed by atoms with Gasteiger partial charge in [0.2, 0.25) is 0 Å². The summed E-state index contributed by atoms with van der Waals surface area (Å²) in [5, 5.41) is 0. The van der Waals surface area contributed by atoms with Gasteiger partial charge in [-0.05, 0) is 43.7 Å². The molecule has 0 radical (unpaired) electrons. The molecule has 21 heavy (non-hydrogen) atoms. The number of imide groups is 1. The highest BCUT2D eigenvalue weighted by atomic mass is 79.9. The number of nitrogens with zero attached hydrogens (tertiary/aromatic N) is 1. The Labute approximate surface area is 131 Å². The summed E-state index contributed by atoms with van der Waals surface area (Å²) in [6, 6.07) is 12.8. The number of hydrogen-bond donors (Lipinski definition) is 0. The number of fused-ring (bicyclic) bond motifs is 1. The molecule has 4 heteroatoms. The molecule has 3 rings (SSSR count). The van der Waals surface area contributed by atoms with E-state index >= 15 is 0 Å². The smallest absolute Gasteiger partial charge is 0.262 e. The lowest BCUT2D eigenvalue weighted by molar-refractivity contribution is 0.0595. The molecule has 0 saturated carbocycles. The van der Waals surface area contributed by atoms with Crippen molar-refractivity contribution in [2.75, 3.05) is 0 Å². The van der Waals surface area contributed by atoms with Crippen LogP contribution in [0.15, 0.2) is 46.9 Å². The lowest BCUT2D eigenvalue weighted by atomic mass is 10.1. The van der Waals surface area contributed by atoms with Gasteiger partial charge in [0.05, 0.1) is 17.2 Å². The summed E-state index contributed by atoms with van der Waals surface area (Å²) in [7, 11) is 0. The van der Waals surface area contributed by atoms with Crippen LogP contribution < -0.4 is 0 Å². The monoisotopic (exact) mass is 343 g/mol. The van der Waals surface area contributed by atoms with E-state index in [1.54, 1.807) is 12.1 Å². The molecule has 0 spiro atoms. The molecule has 1 atom stereocenters. The first-order chi connectivity index (χ1) is 9.99. The van der Waals surface area contributed by atoms with Gasteiger partial charge in [0.25, 0.3) is 11.8 Å². The van der Waals surface area contributed by atoms with Crippen LogP contribution in [-0.4, -0.2) is 16.7 Å². The topological polar surface area (TPSA) is 37.4 Å². The van der Waals surface area contributed by atoms with Gasteiger partial charge in [-0.15, -0.1) is 0 Å². The maximum Gasteiger partial charge on any atom is 0.262 e. The van der Waals surface area contributed by atoms with E-state index in [1.807, 2.05) is 44.2 Å². The molecule has 0 aliphatic carbocycles. The van der Waals surface area contributed by atoms with E-state index in [2.05, 4.69) is 15.9 Å². The summed E-state index contributed by atoms with van der Waals surface area (Å²) in [4.78, 5) is 26.4. The number of halogens is 1. The van der Waals surface area contributed by atoms with Gasteiger partial charge in [0, 0.05) is 4.47 Å². The molecule has 1 aliphatic heterocycles. The van der Waals surface area contributed by atoms with Crippen molar-refractivity contribution in [2.24, 2.45) is 0 Å². The Hall–Kier alpha value is -1.94. The van der Waals surface area contributed by atoms with Gasteiger partial charge >= 0.3 is 0 Å². The van der Waals surface area contributed by atoms with Gasteiger partial charge < -0.3 is 0 Å². The van der Waals surface area contributed by atoms with Crippen molar-refractivity contribution in [2.45, 2.75) is 19.9 Å². The molecular weight excluding hydrogens is 330 g/mol. The van der Waals surface area contributed by atoms with E-state index in [0.717, 1.165) is 15.6 Å². The van der Waals surface area contributed by atoms with Gasteiger partial charge in [-0.25, -0.2) is 0 Å². The van der Waals surface area contributed by atoms with Crippen LogP contribution in [0.25, 0.3) is 0 Å². The molecular formula is C17H14BrNO2. The quantitative estimate of drug-likeness (QED) is 0.769. The van der Waals surface area contributed by atoms with Crippen LogP contribution in [0.4, 0.5) is 0 Å². The zero-order valence-electron chi connectivity index (χ0n) is 11.8. The second-order valence-electron chi connectivity index (χ2n) is 5.26. The fraction of sp³-hybridized carbons (Fsp3) is 0.176. The third-order valence-electron chi connectivity index (χ3n) is 3.81. The first-order valence-electron chi connectivity index (χ1n) is 6.73. The second kappa shape index (κ2) is 5.11. The number of carbonyl (C=O) groups excluding carboxylic acids is 2. The highest BCUT2D eigenvalue weighted by Crippen LogP contribution is 2.32. The van der Waals surface area contributed by atoms with Gasteiger partial charge in [0.1, 0.15) is 0 Å². The minimum Gasteiger partial charge on any atom is -0.269 e. The average molecular weight is 344 g/mol. The predicted octanol–water partition coefficient (Wildman–Crippen LogP) is 4.11. The molecule has 0 fully saturated rings. The van der Waals surface area contributed by atoms with E-state index in [-0.39, 0.29) is 17.9 Å². The molecule has 1 heterocycles. The van der Waals surface area contributed by atoms with Crippen LogP contribution in [0.3, 0.4) is 0 Å².